The Balaban J connectivity index is 1.51. The van der Waals surface area contributed by atoms with E-state index in [2.05, 4.69) is 20.6 Å². The van der Waals surface area contributed by atoms with Gasteiger partial charge < -0.3 is 9.73 Å². The van der Waals surface area contributed by atoms with Gasteiger partial charge in [0.25, 0.3) is 0 Å². The smallest absolute Gasteiger partial charge is 0.321 e. The number of thiazole rings is 1. The first-order chi connectivity index (χ1) is 9.22. The number of aryl methyl sites for hydroxylation is 1. The van der Waals surface area contributed by atoms with E-state index in [1.807, 2.05) is 12.3 Å². The average Bonchev–Trinajstić information content (AvgIpc) is 3.01. The van der Waals surface area contributed by atoms with Crippen molar-refractivity contribution in [1.29, 1.82) is 0 Å². The Kier molecular flexibility index (Phi) is 3.20. The van der Waals surface area contributed by atoms with Crippen molar-refractivity contribution < 1.29 is 9.21 Å². The molecule has 1 aliphatic carbocycles. The Morgan fingerprint density at radius 3 is 3.11 bits per heavy atom. The molecule has 0 unspecified atom stereocenters. The van der Waals surface area contributed by atoms with Gasteiger partial charge in [-0.15, -0.1) is 11.3 Å². The lowest BCUT2D eigenvalue weighted by molar-refractivity contribution is 0.251. The molecule has 1 aliphatic rings. The molecule has 6 nitrogen and oxygen atoms in total. The van der Waals surface area contributed by atoms with Crippen LogP contribution >= 0.6 is 11.3 Å². The minimum absolute atomic E-state index is 0.279. The van der Waals surface area contributed by atoms with E-state index in [1.54, 1.807) is 0 Å². The summed E-state index contributed by atoms with van der Waals surface area (Å²) in [6, 6.07) is -0.279. The van der Waals surface area contributed by atoms with Crippen molar-refractivity contribution in [2.45, 2.75) is 32.2 Å². The second kappa shape index (κ2) is 5.00. The Bertz CT molecular complexity index is 588. The maximum atomic E-state index is 11.7. The van der Waals surface area contributed by atoms with Gasteiger partial charge in [0.2, 0.25) is 0 Å². The number of hydrogen-bond acceptors (Lipinski definition) is 5. The van der Waals surface area contributed by atoms with Crippen molar-refractivity contribution in [2.75, 3.05) is 5.32 Å². The van der Waals surface area contributed by atoms with Gasteiger partial charge in [0.15, 0.2) is 11.5 Å². The number of anilines is 1. The molecule has 0 aromatic carbocycles. The van der Waals surface area contributed by atoms with E-state index in [1.165, 1.54) is 30.6 Å². The second-order valence-corrected chi connectivity index (χ2v) is 5.37. The fraction of sp³-hybridized carbons (Fsp3) is 0.417. The topological polar surface area (TPSA) is 80.0 Å². The Hall–Kier alpha value is -1.89. The van der Waals surface area contributed by atoms with Gasteiger partial charge >= 0.3 is 6.03 Å². The lowest BCUT2D eigenvalue weighted by Crippen LogP contribution is -2.28. The van der Waals surface area contributed by atoms with Crippen LogP contribution in [0.2, 0.25) is 0 Å². The van der Waals surface area contributed by atoms with E-state index in [0.29, 0.717) is 23.4 Å². The molecule has 0 radical (unpaired) electrons. The number of hydrogen-bond donors (Lipinski definition) is 2. The molecule has 3 rings (SSSR count). The van der Waals surface area contributed by atoms with Crippen LogP contribution in [-0.4, -0.2) is 16.0 Å². The fourth-order valence-electron chi connectivity index (χ4n) is 1.71. The van der Waals surface area contributed by atoms with E-state index < -0.39 is 0 Å². The van der Waals surface area contributed by atoms with Crippen LogP contribution in [0.1, 0.15) is 35.9 Å². The maximum Gasteiger partial charge on any atom is 0.321 e. The predicted molar refractivity (Wildman–Crippen MR) is 71.2 cm³/mol. The zero-order valence-corrected chi connectivity index (χ0v) is 11.3. The monoisotopic (exact) mass is 278 g/mol. The first-order valence-corrected chi connectivity index (χ1v) is 6.99. The standard InChI is InChI=1S/C12H14N4O2S/c1-7-9(14-6-18-7)4-13-11(17)16-12-15-10(5-19-12)8-2-3-8/h5-6,8H,2-4H2,1H3,(H2,13,15,16,17). The summed E-state index contributed by atoms with van der Waals surface area (Å²) in [5, 5.41) is 8.09. The summed E-state index contributed by atoms with van der Waals surface area (Å²) >= 11 is 1.46. The predicted octanol–water partition coefficient (Wildman–Crippen LogP) is 2.64. The van der Waals surface area contributed by atoms with Crippen LogP contribution in [-0.2, 0) is 6.54 Å². The Morgan fingerprint density at radius 2 is 2.42 bits per heavy atom. The summed E-state index contributed by atoms with van der Waals surface area (Å²) in [6.07, 6.45) is 3.79. The Morgan fingerprint density at radius 1 is 1.58 bits per heavy atom. The van der Waals surface area contributed by atoms with Gasteiger partial charge in [-0.2, -0.15) is 0 Å². The van der Waals surface area contributed by atoms with Gasteiger partial charge in [-0.1, -0.05) is 0 Å². The molecule has 2 N–H and O–H groups in total. The molecular weight excluding hydrogens is 264 g/mol. The zero-order valence-electron chi connectivity index (χ0n) is 10.5. The molecule has 1 saturated carbocycles. The molecule has 7 heteroatoms. The highest BCUT2D eigenvalue weighted by molar-refractivity contribution is 7.13. The van der Waals surface area contributed by atoms with Gasteiger partial charge in [-0.05, 0) is 19.8 Å². The third kappa shape index (κ3) is 2.93. The summed E-state index contributed by atoms with van der Waals surface area (Å²) < 4.78 is 5.06. The normalized spacial score (nSPS) is 14.4. The third-order valence-electron chi connectivity index (χ3n) is 3.00. The van der Waals surface area contributed by atoms with E-state index >= 15 is 0 Å². The highest BCUT2D eigenvalue weighted by Crippen LogP contribution is 2.40. The van der Waals surface area contributed by atoms with Crippen LogP contribution in [0.15, 0.2) is 16.2 Å². The van der Waals surface area contributed by atoms with E-state index in [4.69, 9.17) is 4.42 Å². The number of carbonyl (C=O) groups excluding carboxylic acids is 1. The largest absolute Gasteiger partial charge is 0.448 e. The average molecular weight is 278 g/mol. The van der Waals surface area contributed by atoms with Gasteiger partial charge in [0.05, 0.1) is 12.2 Å². The first kappa shape index (κ1) is 12.2. The molecule has 0 bridgehead atoms. The van der Waals surface area contributed by atoms with E-state index in [-0.39, 0.29) is 6.03 Å². The van der Waals surface area contributed by atoms with Gasteiger partial charge in [-0.3, -0.25) is 5.32 Å². The summed E-state index contributed by atoms with van der Waals surface area (Å²) in [5.74, 6) is 1.32. The van der Waals surface area contributed by atoms with Crippen molar-refractivity contribution >= 4 is 22.5 Å². The van der Waals surface area contributed by atoms with Crippen LogP contribution in [0.5, 0.6) is 0 Å². The summed E-state index contributed by atoms with van der Waals surface area (Å²) in [4.78, 5) is 20.1. The number of rotatable bonds is 4. The molecule has 2 aromatic rings. The van der Waals surface area contributed by atoms with E-state index in [9.17, 15) is 4.79 Å². The lowest BCUT2D eigenvalue weighted by atomic mass is 10.3. The molecule has 19 heavy (non-hydrogen) atoms. The molecule has 0 spiro atoms. The van der Waals surface area contributed by atoms with E-state index in [0.717, 1.165) is 11.4 Å². The van der Waals surface area contributed by atoms with Crippen LogP contribution in [0.4, 0.5) is 9.93 Å². The van der Waals surface area contributed by atoms with Gasteiger partial charge in [-0.25, -0.2) is 14.8 Å². The number of oxazole rings is 1. The molecule has 2 aromatic heterocycles. The number of carbonyl (C=O) groups is 1. The molecule has 0 saturated heterocycles. The minimum Gasteiger partial charge on any atom is -0.448 e. The molecule has 2 amide bonds. The molecule has 1 fully saturated rings. The molecule has 100 valence electrons. The quantitative estimate of drug-likeness (QED) is 0.901. The highest BCUT2D eigenvalue weighted by atomic mass is 32.1. The van der Waals surface area contributed by atoms with Crippen LogP contribution in [0.3, 0.4) is 0 Å². The van der Waals surface area contributed by atoms with Crippen molar-refractivity contribution in [2.24, 2.45) is 0 Å². The summed E-state index contributed by atoms with van der Waals surface area (Å²) in [7, 11) is 0. The van der Waals surface area contributed by atoms with Crippen molar-refractivity contribution in [3.05, 3.63) is 28.9 Å². The molecule has 0 aliphatic heterocycles. The number of nitrogens with one attached hydrogen (secondary N) is 2. The third-order valence-corrected chi connectivity index (χ3v) is 3.77. The number of urea groups is 1. The van der Waals surface area contributed by atoms with Gasteiger partial charge in [0, 0.05) is 11.3 Å². The second-order valence-electron chi connectivity index (χ2n) is 4.51. The molecular formula is C12H14N4O2S. The van der Waals surface area contributed by atoms with Crippen LogP contribution in [0, 0.1) is 6.92 Å². The molecule has 2 heterocycles. The molecule has 0 atom stereocenters. The van der Waals surface area contributed by atoms with Crippen molar-refractivity contribution in [1.82, 2.24) is 15.3 Å². The van der Waals surface area contributed by atoms with Crippen LogP contribution in [0.25, 0.3) is 0 Å². The van der Waals surface area contributed by atoms with Crippen molar-refractivity contribution in [3.8, 4) is 0 Å². The SMILES string of the molecule is Cc1ocnc1CNC(=O)Nc1nc(C2CC2)cs1. The van der Waals surface area contributed by atoms with Crippen LogP contribution < -0.4 is 10.6 Å². The highest BCUT2D eigenvalue weighted by Gasteiger charge is 2.26. The minimum atomic E-state index is -0.279. The fourth-order valence-corrected chi connectivity index (χ4v) is 2.50. The number of amides is 2. The lowest BCUT2D eigenvalue weighted by Gasteiger charge is -2.03. The van der Waals surface area contributed by atoms with Crippen molar-refractivity contribution in [3.63, 3.8) is 0 Å². The summed E-state index contributed by atoms with van der Waals surface area (Å²) in [6.45, 7) is 2.15. The number of nitrogens with zero attached hydrogens (tertiary/aromatic N) is 2. The van der Waals surface area contributed by atoms with Gasteiger partial charge in [0.1, 0.15) is 11.5 Å². The first-order valence-electron chi connectivity index (χ1n) is 6.11. The number of aromatic nitrogens is 2. The zero-order chi connectivity index (χ0) is 13.2. The maximum absolute atomic E-state index is 11.7. The Labute approximate surface area is 114 Å². The summed E-state index contributed by atoms with van der Waals surface area (Å²) in [5.41, 5.74) is 1.82.